The van der Waals surface area contributed by atoms with E-state index in [-0.39, 0.29) is 0 Å². The molecule has 2 atom stereocenters. The molecule has 0 aliphatic carbocycles. The van der Waals surface area contributed by atoms with Gasteiger partial charge in [0, 0.05) is 31.8 Å². The molecular weight excluding hydrogens is 250 g/mol. The van der Waals surface area contributed by atoms with Crippen LogP contribution in [0.4, 0.5) is 0 Å². The van der Waals surface area contributed by atoms with Gasteiger partial charge in [-0.15, -0.1) is 0 Å². The Morgan fingerprint density at radius 1 is 1.40 bits per heavy atom. The lowest BCUT2D eigenvalue weighted by Crippen LogP contribution is -2.36. The summed E-state index contributed by atoms with van der Waals surface area (Å²) < 4.78 is 5.64. The maximum absolute atomic E-state index is 5.64. The first-order valence-corrected chi connectivity index (χ1v) is 7.56. The van der Waals surface area contributed by atoms with Crippen molar-refractivity contribution >= 4 is 0 Å². The standard InChI is InChI=1S/C16H27N3O/c1-12(2)17-10-14-6-5-7-15(18-14)11-19(4)16-8-9-20-13(16)3/h5-7,12-13,16-17H,8-11H2,1-4H3. The van der Waals surface area contributed by atoms with Gasteiger partial charge in [-0.3, -0.25) is 9.88 Å². The van der Waals surface area contributed by atoms with Gasteiger partial charge < -0.3 is 10.1 Å². The monoisotopic (exact) mass is 277 g/mol. The van der Waals surface area contributed by atoms with E-state index in [9.17, 15) is 0 Å². The number of aromatic nitrogens is 1. The van der Waals surface area contributed by atoms with Gasteiger partial charge in [0.2, 0.25) is 0 Å². The van der Waals surface area contributed by atoms with Gasteiger partial charge in [0.15, 0.2) is 0 Å². The predicted octanol–water partition coefficient (Wildman–Crippen LogP) is 2.19. The van der Waals surface area contributed by atoms with Crippen LogP contribution in [-0.2, 0) is 17.8 Å². The van der Waals surface area contributed by atoms with E-state index < -0.39 is 0 Å². The first-order chi connectivity index (χ1) is 9.56. The van der Waals surface area contributed by atoms with E-state index in [0.29, 0.717) is 18.2 Å². The zero-order valence-corrected chi connectivity index (χ0v) is 13.1. The largest absolute Gasteiger partial charge is 0.377 e. The molecule has 4 heteroatoms. The van der Waals surface area contributed by atoms with Crippen LogP contribution in [0.25, 0.3) is 0 Å². The molecule has 4 nitrogen and oxygen atoms in total. The Morgan fingerprint density at radius 2 is 2.15 bits per heavy atom. The van der Waals surface area contributed by atoms with Gasteiger partial charge in [-0.25, -0.2) is 0 Å². The number of likely N-dealkylation sites (N-methyl/N-ethyl adjacent to an activating group) is 1. The molecule has 1 aliphatic rings. The second-order valence-corrected chi connectivity index (χ2v) is 6.00. The van der Waals surface area contributed by atoms with Gasteiger partial charge in [-0.05, 0) is 32.5 Å². The maximum atomic E-state index is 5.64. The highest BCUT2D eigenvalue weighted by atomic mass is 16.5. The molecule has 1 aromatic heterocycles. The molecule has 1 saturated heterocycles. The Balaban J connectivity index is 1.93. The first-order valence-electron chi connectivity index (χ1n) is 7.56. The highest BCUT2D eigenvalue weighted by Crippen LogP contribution is 2.19. The van der Waals surface area contributed by atoms with Crippen molar-refractivity contribution in [2.24, 2.45) is 0 Å². The molecule has 1 aliphatic heterocycles. The van der Waals surface area contributed by atoms with Crippen molar-refractivity contribution in [2.45, 2.75) is 58.5 Å². The fourth-order valence-electron chi connectivity index (χ4n) is 2.70. The zero-order chi connectivity index (χ0) is 14.5. The smallest absolute Gasteiger partial charge is 0.0703 e. The van der Waals surface area contributed by atoms with Crippen LogP contribution in [0, 0.1) is 0 Å². The number of ether oxygens (including phenoxy) is 1. The maximum Gasteiger partial charge on any atom is 0.0703 e. The summed E-state index contributed by atoms with van der Waals surface area (Å²) in [4.78, 5) is 7.10. The lowest BCUT2D eigenvalue weighted by atomic mass is 10.1. The number of pyridine rings is 1. The van der Waals surface area contributed by atoms with Crippen LogP contribution in [0.15, 0.2) is 18.2 Å². The molecule has 2 heterocycles. The van der Waals surface area contributed by atoms with Crippen molar-refractivity contribution in [2.75, 3.05) is 13.7 Å². The number of hydrogen-bond donors (Lipinski definition) is 1. The van der Waals surface area contributed by atoms with E-state index in [2.05, 4.69) is 56.2 Å². The molecule has 2 rings (SSSR count). The lowest BCUT2D eigenvalue weighted by molar-refractivity contribution is 0.0810. The Kier molecular flexibility index (Phi) is 5.52. The minimum absolute atomic E-state index is 0.325. The molecule has 0 aromatic carbocycles. The highest BCUT2D eigenvalue weighted by Gasteiger charge is 2.27. The van der Waals surface area contributed by atoms with Crippen LogP contribution in [-0.4, -0.2) is 41.7 Å². The van der Waals surface area contributed by atoms with E-state index in [1.54, 1.807) is 0 Å². The summed E-state index contributed by atoms with van der Waals surface area (Å²) in [6.07, 6.45) is 1.44. The topological polar surface area (TPSA) is 37.4 Å². The van der Waals surface area contributed by atoms with Crippen LogP contribution >= 0.6 is 0 Å². The lowest BCUT2D eigenvalue weighted by Gasteiger charge is -2.26. The molecule has 1 aromatic rings. The molecule has 0 amide bonds. The number of nitrogens with zero attached hydrogens (tertiary/aromatic N) is 2. The summed E-state index contributed by atoms with van der Waals surface area (Å²) >= 11 is 0. The van der Waals surface area contributed by atoms with Crippen molar-refractivity contribution in [1.82, 2.24) is 15.2 Å². The molecule has 0 radical (unpaired) electrons. The van der Waals surface area contributed by atoms with E-state index >= 15 is 0 Å². The Labute approximate surface area is 122 Å². The van der Waals surface area contributed by atoms with Crippen LogP contribution in [0.2, 0.25) is 0 Å². The fourth-order valence-corrected chi connectivity index (χ4v) is 2.70. The molecule has 1 N–H and O–H groups in total. The quantitative estimate of drug-likeness (QED) is 0.865. The minimum Gasteiger partial charge on any atom is -0.377 e. The third kappa shape index (κ3) is 4.27. The minimum atomic E-state index is 0.325. The SMILES string of the molecule is CC(C)NCc1cccc(CN(C)C2CCOC2C)n1. The molecule has 0 saturated carbocycles. The van der Waals surface area contributed by atoms with E-state index in [1.165, 1.54) is 0 Å². The van der Waals surface area contributed by atoms with Crippen LogP contribution in [0.3, 0.4) is 0 Å². The molecular formula is C16H27N3O. The Bertz CT molecular complexity index is 422. The van der Waals surface area contributed by atoms with Crippen molar-refractivity contribution in [3.63, 3.8) is 0 Å². The van der Waals surface area contributed by atoms with Gasteiger partial charge in [0.05, 0.1) is 17.5 Å². The van der Waals surface area contributed by atoms with Crippen molar-refractivity contribution in [3.05, 3.63) is 29.6 Å². The van der Waals surface area contributed by atoms with E-state index in [4.69, 9.17) is 9.72 Å². The number of nitrogens with one attached hydrogen (secondary N) is 1. The number of hydrogen-bond acceptors (Lipinski definition) is 4. The van der Waals surface area contributed by atoms with E-state index in [1.807, 2.05) is 0 Å². The third-order valence-electron chi connectivity index (χ3n) is 3.87. The average molecular weight is 277 g/mol. The number of rotatable bonds is 6. The summed E-state index contributed by atoms with van der Waals surface area (Å²) in [6, 6.07) is 7.28. The molecule has 0 bridgehead atoms. The Morgan fingerprint density at radius 3 is 2.80 bits per heavy atom. The van der Waals surface area contributed by atoms with Crippen LogP contribution < -0.4 is 5.32 Å². The normalized spacial score (nSPS) is 22.9. The molecule has 20 heavy (non-hydrogen) atoms. The highest BCUT2D eigenvalue weighted by molar-refractivity contribution is 5.11. The van der Waals surface area contributed by atoms with Gasteiger partial charge >= 0.3 is 0 Å². The van der Waals surface area contributed by atoms with Crippen molar-refractivity contribution in [1.29, 1.82) is 0 Å². The molecule has 1 fully saturated rings. The predicted molar refractivity (Wildman–Crippen MR) is 81.5 cm³/mol. The molecule has 112 valence electrons. The van der Waals surface area contributed by atoms with Gasteiger partial charge in [0.25, 0.3) is 0 Å². The van der Waals surface area contributed by atoms with Gasteiger partial charge in [-0.2, -0.15) is 0 Å². The zero-order valence-electron chi connectivity index (χ0n) is 13.1. The van der Waals surface area contributed by atoms with Crippen LogP contribution in [0.5, 0.6) is 0 Å². The Hall–Kier alpha value is -0.970. The third-order valence-corrected chi connectivity index (χ3v) is 3.87. The second kappa shape index (κ2) is 7.16. The fraction of sp³-hybridized carbons (Fsp3) is 0.688. The first kappa shape index (κ1) is 15.4. The summed E-state index contributed by atoms with van der Waals surface area (Å²) in [5.74, 6) is 0. The molecule has 0 spiro atoms. The summed E-state index contributed by atoms with van der Waals surface area (Å²) in [6.45, 7) is 9.05. The van der Waals surface area contributed by atoms with Gasteiger partial charge in [-0.1, -0.05) is 19.9 Å². The summed E-state index contributed by atoms with van der Waals surface area (Å²) in [5, 5.41) is 3.41. The molecule has 2 unspecified atom stereocenters. The van der Waals surface area contributed by atoms with Crippen LogP contribution in [0.1, 0.15) is 38.6 Å². The summed E-state index contributed by atoms with van der Waals surface area (Å²) in [7, 11) is 2.16. The average Bonchev–Trinajstić information content (AvgIpc) is 2.83. The second-order valence-electron chi connectivity index (χ2n) is 6.00. The van der Waals surface area contributed by atoms with Crippen molar-refractivity contribution in [3.8, 4) is 0 Å². The summed E-state index contributed by atoms with van der Waals surface area (Å²) in [5.41, 5.74) is 2.25. The van der Waals surface area contributed by atoms with Crippen molar-refractivity contribution < 1.29 is 4.74 Å². The van der Waals surface area contributed by atoms with E-state index in [0.717, 1.165) is 37.5 Å². The van der Waals surface area contributed by atoms with Gasteiger partial charge in [0.1, 0.15) is 0 Å².